The number of amides is 2. The van der Waals surface area contributed by atoms with Crippen LogP contribution in [0.3, 0.4) is 0 Å². The second-order valence-electron chi connectivity index (χ2n) is 6.21. The first-order chi connectivity index (χ1) is 13.7. The first-order valence-corrected chi connectivity index (χ1v) is 8.77. The summed E-state index contributed by atoms with van der Waals surface area (Å²) in [4.78, 5) is 24.3. The Hall–Kier alpha value is -3.94. The van der Waals surface area contributed by atoms with E-state index in [0.717, 1.165) is 11.1 Å². The molecule has 0 fully saturated rings. The van der Waals surface area contributed by atoms with Crippen molar-refractivity contribution in [2.45, 2.75) is 6.54 Å². The van der Waals surface area contributed by atoms with Crippen molar-refractivity contribution in [1.29, 1.82) is 0 Å². The van der Waals surface area contributed by atoms with Gasteiger partial charge in [0.25, 0.3) is 5.91 Å². The lowest BCUT2D eigenvalue weighted by atomic mass is 10.2. The van der Waals surface area contributed by atoms with E-state index in [9.17, 15) is 9.59 Å². The van der Waals surface area contributed by atoms with E-state index < -0.39 is 5.91 Å². The molecule has 3 aromatic heterocycles. The zero-order valence-corrected chi connectivity index (χ0v) is 14.9. The highest BCUT2D eigenvalue weighted by molar-refractivity contribution is 5.98. The molecule has 140 valence electrons. The number of hydrogen-bond donors (Lipinski definition) is 2. The summed E-state index contributed by atoms with van der Waals surface area (Å²) in [6, 6.07) is 18.8. The molecule has 8 nitrogen and oxygen atoms in total. The molecular formula is C20H18N6O2. The van der Waals surface area contributed by atoms with Crippen LogP contribution in [0.1, 0.15) is 16.1 Å². The van der Waals surface area contributed by atoms with Crippen LogP contribution in [-0.2, 0) is 11.3 Å². The second kappa shape index (κ2) is 7.75. The number of carbonyl (C=O) groups excluding carboxylic acids is 2. The highest BCUT2D eigenvalue weighted by Crippen LogP contribution is 2.07. The number of pyridine rings is 1. The molecular weight excluding hydrogens is 356 g/mol. The number of benzene rings is 1. The molecule has 8 heteroatoms. The fraction of sp³-hybridized carbons (Fsp3) is 0.100. The SMILES string of the molecule is O=C(CNC(=O)c1cc2ccccn2n1)Nc1ccn(Cc2ccccc2)n1. The van der Waals surface area contributed by atoms with Crippen LogP contribution in [0.2, 0.25) is 0 Å². The Kier molecular flexibility index (Phi) is 4.83. The van der Waals surface area contributed by atoms with Crippen LogP contribution >= 0.6 is 0 Å². The van der Waals surface area contributed by atoms with Crippen molar-refractivity contribution in [1.82, 2.24) is 24.7 Å². The van der Waals surface area contributed by atoms with Gasteiger partial charge in [0.1, 0.15) is 0 Å². The maximum atomic E-state index is 12.2. The minimum Gasteiger partial charge on any atom is -0.342 e. The Bertz CT molecular complexity index is 1080. The summed E-state index contributed by atoms with van der Waals surface area (Å²) in [7, 11) is 0. The van der Waals surface area contributed by atoms with Gasteiger partial charge in [-0.25, -0.2) is 4.52 Å². The monoisotopic (exact) mass is 374 g/mol. The second-order valence-corrected chi connectivity index (χ2v) is 6.21. The van der Waals surface area contributed by atoms with Crippen molar-refractivity contribution in [2.75, 3.05) is 11.9 Å². The zero-order valence-electron chi connectivity index (χ0n) is 14.9. The van der Waals surface area contributed by atoms with Gasteiger partial charge in [0.15, 0.2) is 11.5 Å². The summed E-state index contributed by atoms with van der Waals surface area (Å²) in [5.74, 6) is -0.335. The number of rotatable bonds is 6. The van der Waals surface area contributed by atoms with Gasteiger partial charge in [0.2, 0.25) is 5.91 Å². The van der Waals surface area contributed by atoms with E-state index in [-0.39, 0.29) is 18.1 Å². The average molecular weight is 374 g/mol. The van der Waals surface area contributed by atoms with E-state index in [2.05, 4.69) is 20.8 Å². The van der Waals surface area contributed by atoms with Gasteiger partial charge in [-0.3, -0.25) is 14.3 Å². The molecule has 0 aliphatic rings. The van der Waals surface area contributed by atoms with Crippen molar-refractivity contribution in [3.05, 3.63) is 84.3 Å². The largest absolute Gasteiger partial charge is 0.342 e. The Morgan fingerprint density at radius 3 is 2.57 bits per heavy atom. The van der Waals surface area contributed by atoms with E-state index in [1.165, 1.54) is 0 Å². The van der Waals surface area contributed by atoms with Gasteiger partial charge in [0, 0.05) is 18.5 Å². The maximum Gasteiger partial charge on any atom is 0.272 e. The zero-order chi connectivity index (χ0) is 19.3. The van der Waals surface area contributed by atoms with Crippen LogP contribution in [0.15, 0.2) is 73.1 Å². The van der Waals surface area contributed by atoms with Crippen molar-refractivity contribution in [2.24, 2.45) is 0 Å². The molecule has 0 bridgehead atoms. The number of nitrogens with one attached hydrogen (secondary N) is 2. The summed E-state index contributed by atoms with van der Waals surface area (Å²) >= 11 is 0. The standard InChI is InChI=1S/C20H18N6O2/c27-19(13-21-20(28)17-12-16-8-4-5-10-26(16)23-17)22-18-9-11-25(24-18)14-15-6-2-1-3-7-15/h1-12H,13-14H2,(H,21,28)(H,22,24,27). The predicted molar refractivity (Wildman–Crippen MR) is 104 cm³/mol. The van der Waals surface area contributed by atoms with Crippen LogP contribution in [0, 0.1) is 0 Å². The highest BCUT2D eigenvalue weighted by Gasteiger charge is 2.12. The van der Waals surface area contributed by atoms with Crippen molar-refractivity contribution in [3.8, 4) is 0 Å². The lowest BCUT2D eigenvalue weighted by Gasteiger charge is -2.04. The average Bonchev–Trinajstić information content (AvgIpc) is 3.33. The fourth-order valence-electron chi connectivity index (χ4n) is 2.77. The predicted octanol–water partition coefficient (Wildman–Crippen LogP) is 1.95. The molecule has 0 saturated heterocycles. The van der Waals surface area contributed by atoms with Crippen molar-refractivity contribution in [3.63, 3.8) is 0 Å². The first-order valence-electron chi connectivity index (χ1n) is 8.77. The molecule has 1 aromatic carbocycles. The summed E-state index contributed by atoms with van der Waals surface area (Å²) in [5, 5.41) is 13.7. The lowest BCUT2D eigenvalue weighted by molar-refractivity contribution is -0.115. The number of nitrogens with zero attached hydrogens (tertiary/aromatic N) is 4. The number of fused-ring (bicyclic) bond motifs is 1. The smallest absolute Gasteiger partial charge is 0.272 e. The number of aromatic nitrogens is 4. The molecule has 3 heterocycles. The third-order valence-electron chi connectivity index (χ3n) is 4.11. The summed E-state index contributed by atoms with van der Waals surface area (Å²) < 4.78 is 3.34. The molecule has 0 unspecified atom stereocenters. The van der Waals surface area contributed by atoms with Gasteiger partial charge in [-0.15, -0.1) is 0 Å². The van der Waals surface area contributed by atoms with Crippen LogP contribution in [0.5, 0.6) is 0 Å². The normalized spacial score (nSPS) is 10.7. The van der Waals surface area contributed by atoms with Gasteiger partial charge >= 0.3 is 0 Å². The molecule has 2 amide bonds. The molecule has 0 spiro atoms. The van der Waals surface area contributed by atoms with E-state index in [0.29, 0.717) is 12.4 Å². The molecule has 0 aliphatic heterocycles. The minimum absolute atomic E-state index is 0.168. The van der Waals surface area contributed by atoms with Gasteiger partial charge in [-0.2, -0.15) is 10.2 Å². The molecule has 0 atom stereocenters. The molecule has 2 N–H and O–H groups in total. The molecule has 28 heavy (non-hydrogen) atoms. The molecule has 4 aromatic rings. The Labute approximate surface area is 160 Å². The lowest BCUT2D eigenvalue weighted by Crippen LogP contribution is -2.33. The van der Waals surface area contributed by atoms with Crippen molar-refractivity contribution >= 4 is 23.1 Å². The van der Waals surface area contributed by atoms with Gasteiger partial charge in [-0.05, 0) is 23.8 Å². The third kappa shape index (κ3) is 4.07. The quantitative estimate of drug-likeness (QED) is 0.539. The highest BCUT2D eigenvalue weighted by atomic mass is 16.2. The summed E-state index contributed by atoms with van der Waals surface area (Å²) in [6.07, 6.45) is 3.54. The van der Waals surface area contributed by atoms with Crippen LogP contribution in [0.4, 0.5) is 5.82 Å². The third-order valence-corrected chi connectivity index (χ3v) is 4.11. The number of carbonyl (C=O) groups is 2. The van der Waals surface area contributed by atoms with Crippen LogP contribution in [0.25, 0.3) is 5.52 Å². The Morgan fingerprint density at radius 1 is 0.929 bits per heavy atom. The van der Waals surface area contributed by atoms with Gasteiger partial charge < -0.3 is 10.6 Å². The Balaban J connectivity index is 1.30. The van der Waals surface area contributed by atoms with Crippen LogP contribution in [-0.4, -0.2) is 37.8 Å². The Morgan fingerprint density at radius 2 is 1.75 bits per heavy atom. The molecule has 0 saturated carbocycles. The maximum absolute atomic E-state index is 12.2. The van der Waals surface area contributed by atoms with Gasteiger partial charge in [-0.1, -0.05) is 36.4 Å². The van der Waals surface area contributed by atoms with E-state index >= 15 is 0 Å². The minimum atomic E-state index is -0.409. The van der Waals surface area contributed by atoms with Gasteiger partial charge in [0.05, 0.1) is 18.6 Å². The van der Waals surface area contributed by atoms with E-state index in [1.807, 2.05) is 48.5 Å². The molecule has 4 rings (SSSR count). The molecule has 0 radical (unpaired) electrons. The number of hydrogen-bond acceptors (Lipinski definition) is 4. The first kappa shape index (κ1) is 17.5. The topological polar surface area (TPSA) is 93.3 Å². The molecule has 0 aliphatic carbocycles. The van der Waals surface area contributed by atoms with Crippen molar-refractivity contribution < 1.29 is 9.59 Å². The summed E-state index contributed by atoms with van der Waals surface area (Å²) in [5.41, 5.74) is 2.18. The van der Waals surface area contributed by atoms with E-state index in [1.54, 1.807) is 33.7 Å². The fourth-order valence-corrected chi connectivity index (χ4v) is 2.77. The summed E-state index contributed by atoms with van der Waals surface area (Å²) in [6.45, 7) is 0.444. The number of anilines is 1. The van der Waals surface area contributed by atoms with Crippen LogP contribution < -0.4 is 10.6 Å². The van der Waals surface area contributed by atoms with E-state index in [4.69, 9.17) is 0 Å².